The minimum Gasteiger partial charge on any atom is -0.375 e. The lowest BCUT2D eigenvalue weighted by Gasteiger charge is -2.03. The van der Waals surface area contributed by atoms with Crippen LogP contribution in [0, 0.1) is 6.92 Å². The molecule has 4 heteroatoms. The first-order valence-corrected chi connectivity index (χ1v) is 7.25. The molecule has 0 atom stereocenters. The number of aromatic nitrogens is 2. The van der Waals surface area contributed by atoms with Crippen LogP contribution in [0.5, 0.6) is 0 Å². The number of aryl methyl sites for hydroxylation is 1. The van der Waals surface area contributed by atoms with Crippen molar-refractivity contribution in [1.29, 1.82) is 0 Å². The van der Waals surface area contributed by atoms with Gasteiger partial charge in [-0.05, 0) is 24.6 Å². The molecule has 0 radical (unpaired) electrons. The smallest absolute Gasteiger partial charge is 0.180 e. The lowest BCUT2D eigenvalue weighted by Crippen LogP contribution is -1.89. The van der Waals surface area contributed by atoms with Crippen LogP contribution in [0.2, 0.25) is 0 Å². The first kappa shape index (κ1) is 12.8. The maximum Gasteiger partial charge on any atom is 0.180 e. The fraction of sp³-hybridized carbons (Fsp3) is 0.125. The van der Waals surface area contributed by atoms with Gasteiger partial charge in [-0.15, -0.1) is 11.3 Å². The molecule has 0 saturated heterocycles. The van der Waals surface area contributed by atoms with Crippen LogP contribution >= 0.6 is 11.3 Å². The zero-order valence-corrected chi connectivity index (χ0v) is 12.0. The standard InChI is InChI=1S/C16H15N3S/c1-11-2-4-13(5-3-11)15-14(20-16(17)19-15)10-12-6-8-18-9-7-12/h2-9H,10H2,1H3,(H2,17,19). The quantitative estimate of drug-likeness (QED) is 0.796. The van der Waals surface area contributed by atoms with Crippen LogP contribution in [0.4, 0.5) is 5.13 Å². The van der Waals surface area contributed by atoms with Gasteiger partial charge in [0.25, 0.3) is 0 Å². The number of hydrogen-bond acceptors (Lipinski definition) is 4. The van der Waals surface area contributed by atoms with E-state index in [0.29, 0.717) is 5.13 Å². The second-order valence-corrected chi connectivity index (χ2v) is 5.84. The molecular weight excluding hydrogens is 266 g/mol. The van der Waals surface area contributed by atoms with E-state index in [0.717, 1.165) is 17.7 Å². The van der Waals surface area contributed by atoms with Crippen molar-refractivity contribution in [2.24, 2.45) is 0 Å². The van der Waals surface area contributed by atoms with Crippen LogP contribution in [0.1, 0.15) is 16.0 Å². The molecule has 20 heavy (non-hydrogen) atoms. The second-order valence-electron chi connectivity index (χ2n) is 4.72. The summed E-state index contributed by atoms with van der Waals surface area (Å²) < 4.78 is 0. The third-order valence-electron chi connectivity index (χ3n) is 3.15. The molecule has 0 saturated carbocycles. The Kier molecular flexibility index (Phi) is 3.48. The summed E-state index contributed by atoms with van der Waals surface area (Å²) in [6.45, 7) is 2.08. The average Bonchev–Trinajstić information content (AvgIpc) is 2.81. The third-order valence-corrected chi connectivity index (χ3v) is 4.04. The van der Waals surface area contributed by atoms with Gasteiger partial charge in [0.05, 0.1) is 5.69 Å². The summed E-state index contributed by atoms with van der Waals surface area (Å²) in [4.78, 5) is 9.73. The minimum atomic E-state index is 0.615. The Balaban J connectivity index is 1.98. The van der Waals surface area contributed by atoms with Crippen LogP contribution in [0.15, 0.2) is 48.8 Å². The van der Waals surface area contributed by atoms with Crippen molar-refractivity contribution in [1.82, 2.24) is 9.97 Å². The van der Waals surface area contributed by atoms with Gasteiger partial charge in [-0.3, -0.25) is 4.98 Å². The number of benzene rings is 1. The van der Waals surface area contributed by atoms with Crippen molar-refractivity contribution < 1.29 is 0 Å². The SMILES string of the molecule is Cc1ccc(-c2nc(N)sc2Cc2ccncc2)cc1. The Hall–Kier alpha value is -2.20. The molecular formula is C16H15N3S. The molecule has 0 aliphatic carbocycles. The number of anilines is 1. The number of nitrogen functional groups attached to an aromatic ring is 1. The largest absolute Gasteiger partial charge is 0.375 e. The molecule has 3 nitrogen and oxygen atoms in total. The highest BCUT2D eigenvalue weighted by molar-refractivity contribution is 7.15. The Labute approximate surface area is 122 Å². The van der Waals surface area contributed by atoms with Gasteiger partial charge in [0.1, 0.15) is 0 Å². The van der Waals surface area contributed by atoms with Gasteiger partial charge in [-0.25, -0.2) is 4.98 Å². The molecule has 0 aliphatic rings. The molecule has 1 aromatic carbocycles. The maximum absolute atomic E-state index is 5.90. The Morgan fingerprint density at radius 1 is 1.05 bits per heavy atom. The number of nitrogens with zero attached hydrogens (tertiary/aromatic N) is 2. The molecule has 0 spiro atoms. The van der Waals surface area contributed by atoms with Gasteiger partial charge in [0.15, 0.2) is 5.13 Å². The van der Waals surface area contributed by atoms with Gasteiger partial charge < -0.3 is 5.73 Å². The molecule has 3 rings (SSSR count). The Morgan fingerprint density at radius 3 is 2.45 bits per heavy atom. The molecule has 0 unspecified atom stereocenters. The lowest BCUT2D eigenvalue weighted by molar-refractivity contribution is 1.18. The van der Waals surface area contributed by atoms with Gasteiger partial charge in [0.2, 0.25) is 0 Å². The molecule has 100 valence electrons. The number of thiazole rings is 1. The van der Waals surface area contributed by atoms with Crippen LogP contribution in [0.25, 0.3) is 11.3 Å². The molecule has 2 N–H and O–H groups in total. The van der Waals surface area contributed by atoms with Crippen molar-refractivity contribution in [3.63, 3.8) is 0 Å². The molecule has 2 aromatic heterocycles. The minimum absolute atomic E-state index is 0.615. The first-order valence-electron chi connectivity index (χ1n) is 6.43. The predicted octanol–water partition coefficient (Wildman–Crippen LogP) is 3.69. The Morgan fingerprint density at radius 2 is 1.75 bits per heavy atom. The van der Waals surface area contributed by atoms with E-state index >= 15 is 0 Å². The molecule has 0 fully saturated rings. The molecule has 0 bridgehead atoms. The van der Waals surface area contributed by atoms with E-state index < -0.39 is 0 Å². The molecule has 0 amide bonds. The van der Waals surface area contributed by atoms with Crippen molar-refractivity contribution >= 4 is 16.5 Å². The zero-order valence-electron chi connectivity index (χ0n) is 11.2. The van der Waals surface area contributed by atoms with Crippen LogP contribution in [-0.2, 0) is 6.42 Å². The predicted molar refractivity (Wildman–Crippen MR) is 83.7 cm³/mol. The van der Waals surface area contributed by atoms with E-state index in [1.165, 1.54) is 16.0 Å². The first-order chi connectivity index (χ1) is 9.72. The van der Waals surface area contributed by atoms with E-state index in [9.17, 15) is 0 Å². The highest BCUT2D eigenvalue weighted by Gasteiger charge is 2.12. The van der Waals surface area contributed by atoms with Gasteiger partial charge in [-0.2, -0.15) is 0 Å². The maximum atomic E-state index is 5.90. The second kappa shape index (κ2) is 5.43. The van der Waals surface area contributed by atoms with Crippen molar-refractivity contribution in [2.75, 3.05) is 5.73 Å². The topological polar surface area (TPSA) is 51.8 Å². The summed E-state index contributed by atoms with van der Waals surface area (Å²) in [5, 5.41) is 0.615. The van der Waals surface area contributed by atoms with Crippen molar-refractivity contribution in [3.05, 3.63) is 64.8 Å². The van der Waals surface area contributed by atoms with E-state index in [1.54, 1.807) is 11.3 Å². The van der Waals surface area contributed by atoms with E-state index in [2.05, 4.69) is 41.2 Å². The number of pyridine rings is 1. The van der Waals surface area contributed by atoms with Crippen molar-refractivity contribution in [3.8, 4) is 11.3 Å². The fourth-order valence-corrected chi connectivity index (χ4v) is 3.00. The lowest BCUT2D eigenvalue weighted by atomic mass is 10.1. The highest BCUT2D eigenvalue weighted by atomic mass is 32.1. The summed E-state index contributed by atoms with van der Waals surface area (Å²) >= 11 is 1.55. The van der Waals surface area contributed by atoms with E-state index in [-0.39, 0.29) is 0 Å². The van der Waals surface area contributed by atoms with Crippen molar-refractivity contribution in [2.45, 2.75) is 13.3 Å². The third kappa shape index (κ3) is 2.70. The highest BCUT2D eigenvalue weighted by Crippen LogP contribution is 2.31. The summed E-state index contributed by atoms with van der Waals surface area (Å²) in [5.41, 5.74) is 10.5. The summed E-state index contributed by atoms with van der Waals surface area (Å²) in [5.74, 6) is 0. The summed E-state index contributed by atoms with van der Waals surface area (Å²) in [6, 6.07) is 12.4. The van der Waals surface area contributed by atoms with Gasteiger partial charge in [0, 0.05) is 29.3 Å². The average molecular weight is 281 g/mol. The molecule has 2 heterocycles. The molecule has 0 aliphatic heterocycles. The monoisotopic (exact) mass is 281 g/mol. The number of rotatable bonds is 3. The van der Waals surface area contributed by atoms with Gasteiger partial charge >= 0.3 is 0 Å². The van der Waals surface area contributed by atoms with E-state index in [4.69, 9.17) is 5.73 Å². The van der Waals surface area contributed by atoms with Crippen LogP contribution < -0.4 is 5.73 Å². The van der Waals surface area contributed by atoms with E-state index in [1.807, 2.05) is 24.5 Å². The normalized spacial score (nSPS) is 10.7. The Bertz CT molecular complexity index is 702. The number of nitrogens with two attached hydrogens (primary N) is 1. The number of hydrogen-bond donors (Lipinski definition) is 1. The zero-order chi connectivity index (χ0) is 13.9. The van der Waals surface area contributed by atoms with Crippen LogP contribution in [-0.4, -0.2) is 9.97 Å². The van der Waals surface area contributed by atoms with Gasteiger partial charge in [-0.1, -0.05) is 29.8 Å². The summed E-state index contributed by atoms with van der Waals surface area (Å²) in [7, 11) is 0. The van der Waals surface area contributed by atoms with Crippen LogP contribution in [0.3, 0.4) is 0 Å². The fourth-order valence-electron chi connectivity index (χ4n) is 2.11. The summed E-state index contributed by atoms with van der Waals surface area (Å²) in [6.07, 6.45) is 4.46. The molecule has 3 aromatic rings.